The molecule has 0 saturated heterocycles. The second kappa shape index (κ2) is 5.82. The molecule has 2 aromatic carbocycles. The molecule has 1 heterocycles. The van der Waals surface area contributed by atoms with Crippen molar-refractivity contribution in [2.75, 3.05) is 11.4 Å². The largest absolute Gasteiger partial charge is 0.308 e. The number of nitrogens with zero attached hydrogens (tertiary/aromatic N) is 1. The van der Waals surface area contributed by atoms with E-state index in [9.17, 15) is 4.79 Å². The number of fused-ring (bicyclic) bond motifs is 1. The number of benzene rings is 2. The topological polar surface area (TPSA) is 20.3 Å². The normalized spacial score (nSPS) is 14.0. The fourth-order valence-corrected chi connectivity index (χ4v) is 3.60. The van der Waals surface area contributed by atoms with Crippen molar-refractivity contribution in [3.05, 3.63) is 62.6 Å². The molecular formula is C17H15BrClNO. The van der Waals surface area contributed by atoms with E-state index in [2.05, 4.69) is 35.0 Å². The van der Waals surface area contributed by atoms with Gasteiger partial charge in [-0.15, -0.1) is 0 Å². The van der Waals surface area contributed by atoms with Gasteiger partial charge in [0.2, 0.25) is 0 Å². The number of anilines is 1. The van der Waals surface area contributed by atoms with Crippen LogP contribution in [0.4, 0.5) is 5.69 Å². The van der Waals surface area contributed by atoms with Crippen molar-refractivity contribution in [3.63, 3.8) is 0 Å². The van der Waals surface area contributed by atoms with Crippen LogP contribution in [0.25, 0.3) is 0 Å². The first-order chi connectivity index (χ1) is 10.1. The lowest BCUT2D eigenvalue weighted by Crippen LogP contribution is -2.35. The highest BCUT2D eigenvalue weighted by atomic mass is 79.9. The Balaban J connectivity index is 2.00. The van der Waals surface area contributed by atoms with Gasteiger partial charge in [0.05, 0.1) is 5.56 Å². The van der Waals surface area contributed by atoms with Crippen molar-refractivity contribution in [1.82, 2.24) is 0 Å². The minimum atomic E-state index is 0.0170. The molecule has 0 atom stereocenters. The highest BCUT2D eigenvalue weighted by molar-refractivity contribution is 9.10. The van der Waals surface area contributed by atoms with Crippen LogP contribution >= 0.6 is 27.5 Å². The SMILES string of the molecule is Cc1ccc2c(c1)CCCN2C(=O)c1ccc(Cl)cc1Br. The lowest BCUT2D eigenvalue weighted by molar-refractivity contribution is 0.0984. The third kappa shape index (κ3) is 2.85. The molecule has 0 saturated carbocycles. The quantitative estimate of drug-likeness (QED) is 0.697. The van der Waals surface area contributed by atoms with E-state index in [1.54, 1.807) is 18.2 Å². The molecule has 4 heteroatoms. The lowest BCUT2D eigenvalue weighted by Gasteiger charge is -2.30. The minimum Gasteiger partial charge on any atom is -0.308 e. The third-order valence-corrected chi connectivity index (χ3v) is 4.65. The van der Waals surface area contributed by atoms with Crippen LogP contribution in [0.5, 0.6) is 0 Å². The van der Waals surface area contributed by atoms with E-state index in [0.29, 0.717) is 10.6 Å². The van der Waals surface area contributed by atoms with Gasteiger partial charge in [0.25, 0.3) is 5.91 Å². The summed E-state index contributed by atoms with van der Waals surface area (Å²) in [5.41, 5.74) is 4.15. The molecule has 0 unspecified atom stereocenters. The molecule has 1 aliphatic rings. The number of amides is 1. The Bertz CT molecular complexity index is 714. The summed E-state index contributed by atoms with van der Waals surface area (Å²) in [7, 11) is 0. The number of hydrogen-bond donors (Lipinski definition) is 0. The molecule has 2 nitrogen and oxygen atoms in total. The van der Waals surface area contributed by atoms with Gasteiger partial charge in [0.15, 0.2) is 0 Å². The molecule has 0 N–H and O–H groups in total. The maximum atomic E-state index is 12.8. The summed E-state index contributed by atoms with van der Waals surface area (Å²) in [4.78, 5) is 14.7. The van der Waals surface area contributed by atoms with E-state index in [4.69, 9.17) is 11.6 Å². The van der Waals surface area contributed by atoms with Gasteiger partial charge in [-0.3, -0.25) is 4.79 Å². The molecule has 0 radical (unpaired) electrons. The van der Waals surface area contributed by atoms with E-state index in [1.165, 1.54) is 11.1 Å². The van der Waals surface area contributed by atoms with Crippen LogP contribution in [-0.4, -0.2) is 12.5 Å². The van der Waals surface area contributed by atoms with Crippen molar-refractivity contribution in [1.29, 1.82) is 0 Å². The first-order valence-corrected chi connectivity index (χ1v) is 8.10. The maximum Gasteiger partial charge on any atom is 0.259 e. The van der Waals surface area contributed by atoms with Gasteiger partial charge in [-0.1, -0.05) is 29.3 Å². The van der Waals surface area contributed by atoms with E-state index in [1.807, 2.05) is 11.0 Å². The Morgan fingerprint density at radius 2 is 2.05 bits per heavy atom. The molecule has 0 aliphatic carbocycles. The number of halogens is 2. The smallest absolute Gasteiger partial charge is 0.259 e. The molecule has 0 aromatic heterocycles. The summed E-state index contributed by atoms with van der Waals surface area (Å²) in [6.45, 7) is 2.83. The predicted molar refractivity (Wildman–Crippen MR) is 90.3 cm³/mol. The molecule has 0 bridgehead atoms. The van der Waals surface area contributed by atoms with Crippen LogP contribution in [0.2, 0.25) is 5.02 Å². The zero-order valence-corrected chi connectivity index (χ0v) is 14.0. The summed E-state index contributed by atoms with van der Waals surface area (Å²) in [5, 5.41) is 0.619. The van der Waals surface area contributed by atoms with E-state index < -0.39 is 0 Å². The number of hydrogen-bond acceptors (Lipinski definition) is 1. The first kappa shape index (κ1) is 14.6. The zero-order chi connectivity index (χ0) is 15.0. The summed E-state index contributed by atoms with van der Waals surface area (Å²) in [6, 6.07) is 11.6. The van der Waals surface area contributed by atoms with Gasteiger partial charge in [-0.25, -0.2) is 0 Å². The third-order valence-electron chi connectivity index (χ3n) is 3.76. The van der Waals surface area contributed by atoms with Crippen molar-refractivity contribution < 1.29 is 4.79 Å². The van der Waals surface area contributed by atoms with Crippen LogP contribution in [0, 0.1) is 6.92 Å². The number of carbonyl (C=O) groups excluding carboxylic acids is 1. The lowest BCUT2D eigenvalue weighted by atomic mass is 9.99. The molecule has 1 aliphatic heterocycles. The van der Waals surface area contributed by atoms with Gasteiger partial charge < -0.3 is 4.90 Å². The first-order valence-electron chi connectivity index (χ1n) is 6.93. The maximum absolute atomic E-state index is 12.8. The fraction of sp³-hybridized carbons (Fsp3) is 0.235. The zero-order valence-electron chi connectivity index (χ0n) is 11.7. The van der Waals surface area contributed by atoms with Crippen molar-refractivity contribution >= 4 is 39.1 Å². The Kier molecular flexibility index (Phi) is 4.05. The average Bonchev–Trinajstić information content (AvgIpc) is 2.45. The summed E-state index contributed by atoms with van der Waals surface area (Å²) in [6.07, 6.45) is 2.02. The molecule has 2 aromatic rings. The monoisotopic (exact) mass is 363 g/mol. The highest BCUT2D eigenvalue weighted by Gasteiger charge is 2.24. The predicted octanol–water partition coefficient (Wildman–Crippen LogP) is 5.00. The molecule has 3 rings (SSSR count). The Morgan fingerprint density at radius 1 is 1.24 bits per heavy atom. The van der Waals surface area contributed by atoms with Gasteiger partial charge in [0, 0.05) is 21.7 Å². The summed E-state index contributed by atoms with van der Waals surface area (Å²) >= 11 is 9.38. The summed E-state index contributed by atoms with van der Waals surface area (Å²) < 4.78 is 0.735. The molecule has 1 amide bonds. The highest BCUT2D eigenvalue weighted by Crippen LogP contribution is 2.31. The van der Waals surface area contributed by atoms with Crippen LogP contribution < -0.4 is 4.90 Å². The van der Waals surface area contributed by atoms with Gasteiger partial charge in [-0.05, 0) is 65.5 Å². The van der Waals surface area contributed by atoms with Crippen LogP contribution in [0.15, 0.2) is 40.9 Å². The Labute approximate surface area is 137 Å². The number of aryl methyl sites for hydroxylation is 2. The molecule has 0 fully saturated rings. The van der Waals surface area contributed by atoms with Gasteiger partial charge in [-0.2, -0.15) is 0 Å². The van der Waals surface area contributed by atoms with Crippen molar-refractivity contribution in [3.8, 4) is 0 Å². The van der Waals surface area contributed by atoms with E-state index in [-0.39, 0.29) is 5.91 Å². The molecule has 108 valence electrons. The van der Waals surface area contributed by atoms with Crippen LogP contribution in [0.3, 0.4) is 0 Å². The van der Waals surface area contributed by atoms with Crippen molar-refractivity contribution in [2.45, 2.75) is 19.8 Å². The average molecular weight is 365 g/mol. The van der Waals surface area contributed by atoms with Gasteiger partial charge in [0.1, 0.15) is 0 Å². The number of rotatable bonds is 1. The fourth-order valence-electron chi connectivity index (χ4n) is 2.75. The van der Waals surface area contributed by atoms with Gasteiger partial charge >= 0.3 is 0 Å². The standard InChI is InChI=1S/C17H15BrClNO/c1-11-4-7-16-12(9-11)3-2-8-20(16)17(21)14-6-5-13(19)10-15(14)18/h4-7,9-10H,2-3,8H2,1H3. The number of carbonyl (C=O) groups is 1. The van der Waals surface area contributed by atoms with E-state index in [0.717, 1.165) is 29.5 Å². The molecule has 0 spiro atoms. The van der Waals surface area contributed by atoms with Crippen LogP contribution in [0.1, 0.15) is 27.9 Å². The Morgan fingerprint density at radius 3 is 2.81 bits per heavy atom. The molecular weight excluding hydrogens is 350 g/mol. The summed E-state index contributed by atoms with van der Waals surface area (Å²) in [5.74, 6) is 0.0170. The van der Waals surface area contributed by atoms with Crippen LogP contribution in [-0.2, 0) is 6.42 Å². The van der Waals surface area contributed by atoms with Crippen molar-refractivity contribution in [2.24, 2.45) is 0 Å². The second-order valence-corrected chi connectivity index (χ2v) is 6.61. The Hall–Kier alpha value is -1.32. The minimum absolute atomic E-state index is 0.0170. The van der Waals surface area contributed by atoms with E-state index >= 15 is 0 Å². The molecule has 21 heavy (non-hydrogen) atoms. The second-order valence-electron chi connectivity index (χ2n) is 5.32.